The lowest BCUT2D eigenvalue weighted by Crippen LogP contribution is -2.30. The quantitative estimate of drug-likeness (QED) is 0.557. The van der Waals surface area contributed by atoms with E-state index in [0.29, 0.717) is 34.4 Å². The molecule has 1 aliphatic rings. The molecule has 2 amide bonds. The van der Waals surface area contributed by atoms with Crippen LogP contribution in [-0.2, 0) is 11.2 Å². The van der Waals surface area contributed by atoms with Crippen molar-refractivity contribution < 1.29 is 14.1 Å². The van der Waals surface area contributed by atoms with Crippen molar-refractivity contribution in [1.29, 1.82) is 0 Å². The van der Waals surface area contributed by atoms with Crippen molar-refractivity contribution >= 4 is 34.8 Å². The molecule has 0 aliphatic carbocycles. The first kappa shape index (κ1) is 21.8. The highest BCUT2D eigenvalue weighted by molar-refractivity contribution is 6.30. The average Bonchev–Trinajstić information content (AvgIpc) is 3.28. The Morgan fingerprint density at radius 2 is 1.84 bits per heavy atom. The van der Waals surface area contributed by atoms with Crippen molar-refractivity contribution in [3.8, 4) is 11.4 Å². The lowest BCUT2D eigenvalue weighted by atomic mass is 10.1. The largest absolute Gasteiger partial charge is 0.370 e. The second-order valence-corrected chi connectivity index (χ2v) is 8.15. The highest BCUT2D eigenvalue weighted by Crippen LogP contribution is 2.30. The Kier molecular flexibility index (Phi) is 6.70. The molecule has 1 aromatic heterocycles. The Balaban J connectivity index is 1.43. The topological polar surface area (TPSA) is 114 Å². The summed E-state index contributed by atoms with van der Waals surface area (Å²) in [6, 6.07) is 12.3. The standard InChI is InChI=1S/C23H24ClN5O3/c24-17-7-4-15(5-8-17)23-27-21(32-28-23)11-10-20(30)26-18-14-16(22(25)31)6-9-19(18)29-12-2-1-3-13-29/h4-9,14H,1-3,10-13H2,(H2,25,31)(H,26,30). The van der Waals surface area contributed by atoms with Crippen LogP contribution in [0.2, 0.25) is 5.02 Å². The number of aromatic nitrogens is 2. The zero-order valence-electron chi connectivity index (χ0n) is 17.5. The number of piperidine rings is 1. The molecular weight excluding hydrogens is 430 g/mol. The number of primary amides is 1. The molecule has 0 bridgehead atoms. The zero-order chi connectivity index (χ0) is 22.5. The van der Waals surface area contributed by atoms with Crippen LogP contribution in [0.5, 0.6) is 0 Å². The van der Waals surface area contributed by atoms with E-state index in [1.807, 2.05) is 6.07 Å². The van der Waals surface area contributed by atoms with Gasteiger partial charge in [-0.3, -0.25) is 9.59 Å². The van der Waals surface area contributed by atoms with Crippen molar-refractivity contribution in [2.45, 2.75) is 32.1 Å². The molecule has 0 unspecified atom stereocenters. The predicted octanol–water partition coefficient (Wildman–Crippen LogP) is 4.05. The lowest BCUT2D eigenvalue weighted by molar-refractivity contribution is -0.116. The zero-order valence-corrected chi connectivity index (χ0v) is 18.3. The van der Waals surface area contributed by atoms with Gasteiger partial charge in [-0.1, -0.05) is 16.8 Å². The highest BCUT2D eigenvalue weighted by atomic mass is 35.5. The number of nitrogens with two attached hydrogens (primary N) is 1. The summed E-state index contributed by atoms with van der Waals surface area (Å²) >= 11 is 5.91. The predicted molar refractivity (Wildman–Crippen MR) is 123 cm³/mol. The molecule has 1 aliphatic heterocycles. The summed E-state index contributed by atoms with van der Waals surface area (Å²) in [5, 5.41) is 7.51. The van der Waals surface area contributed by atoms with E-state index in [4.69, 9.17) is 21.9 Å². The van der Waals surface area contributed by atoms with Gasteiger partial charge in [0.05, 0.1) is 11.4 Å². The van der Waals surface area contributed by atoms with Crippen LogP contribution >= 0.6 is 11.6 Å². The van der Waals surface area contributed by atoms with Gasteiger partial charge in [-0.25, -0.2) is 0 Å². The van der Waals surface area contributed by atoms with E-state index in [2.05, 4.69) is 20.4 Å². The van der Waals surface area contributed by atoms with E-state index < -0.39 is 5.91 Å². The number of aryl methyl sites for hydroxylation is 1. The molecule has 2 aromatic carbocycles. The second-order valence-electron chi connectivity index (χ2n) is 7.71. The molecular formula is C23H24ClN5O3. The van der Waals surface area contributed by atoms with Crippen molar-refractivity contribution in [3.63, 3.8) is 0 Å². The van der Waals surface area contributed by atoms with E-state index >= 15 is 0 Å². The van der Waals surface area contributed by atoms with Crippen LogP contribution in [0.25, 0.3) is 11.4 Å². The third-order valence-electron chi connectivity index (χ3n) is 5.39. The molecule has 0 spiro atoms. The fourth-order valence-electron chi connectivity index (χ4n) is 3.71. The van der Waals surface area contributed by atoms with Crippen LogP contribution in [0.4, 0.5) is 11.4 Å². The van der Waals surface area contributed by atoms with Crippen LogP contribution < -0.4 is 16.0 Å². The van der Waals surface area contributed by atoms with Gasteiger partial charge in [-0.15, -0.1) is 0 Å². The molecule has 2 heterocycles. The van der Waals surface area contributed by atoms with Crippen molar-refractivity contribution in [3.05, 3.63) is 58.9 Å². The summed E-state index contributed by atoms with van der Waals surface area (Å²) in [6.07, 6.45) is 3.83. The van der Waals surface area contributed by atoms with Crippen LogP contribution in [0.15, 0.2) is 47.0 Å². The Labute approximate surface area is 190 Å². The summed E-state index contributed by atoms with van der Waals surface area (Å²) in [7, 11) is 0. The summed E-state index contributed by atoms with van der Waals surface area (Å²) in [5.41, 5.74) is 8.05. The molecule has 166 valence electrons. The molecule has 9 heteroatoms. The van der Waals surface area contributed by atoms with Crippen LogP contribution in [-0.4, -0.2) is 35.0 Å². The maximum atomic E-state index is 12.7. The number of rotatable bonds is 7. The minimum Gasteiger partial charge on any atom is -0.370 e. The number of amides is 2. The minimum atomic E-state index is -0.536. The highest BCUT2D eigenvalue weighted by Gasteiger charge is 2.18. The third-order valence-corrected chi connectivity index (χ3v) is 5.64. The van der Waals surface area contributed by atoms with E-state index in [1.165, 1.54) is 6.42 Å². The maximum absolute atomic E-state index is 12.7. The minimum absolute atomic E-state index is 0.155. The number of carbonyl (C=O) groups is 2. The van der Waals surface area contributed by atoms with E-state index in [1.54, 1.807) is 36.4 Å². The van der Waals surface area contributed by atoms with Gasteiger partial charge in [0.2, 0.25) is 23.5 Å². The number of nitrogens with zero attached hydrogens (tertiary/aromatic N) is 3. The van der Waals surface area contributed by atoms with Gasteiger partial charge in [-0.05, 0) is 61.7 Å². The molecule has 1 fully saturated rings. The maximum Gasteiger partial charge on any atom is 0.248 e. The third kappa shape index (κ3) is 5.26. The Morgan fingerprint density at radius 1 is 1.09 bits per heavy atom. The van der Waals surface area contributed by atoms with Gasteiger partial charge >= 0.3 is 0 Å². The van der Waals surface area contributed by atoms with Crippen molar-refractivity contribution in [1.82, 2.24) is 10.1 Å². The normalized spacial score (nSPS) is 13.7. The van der Waals surface area contributed by atoms with E-state index in [0.717, 1.165) is 37.2 Å². The number of benzene rings is 2. The van der Waals surface area contributed by atoms with Gasteiger partial charge in [0.25, 0.3) is 0 Å². The lowest BCUT2D eigenvalue weighted by Gasteiger charge is -2.30. The first-order valence-corrected chi connectivity index (χ1v) is 10.9. The molecule has 8 nitrogen and oxygen atoms in total. The number of anilines is 2. The van der Waals surface area contributed by atoms with Gasteiger partial charge in [0, 0.05) is 42.1 Å². The van der Waals surface area contributed by atoms with Crippen molar-refractivity contribution in [2.75, 3.05) is 23.3 Å². The molecule has 0 saturated carbocycles. The fourth-order valence-corrected chi connectivity index (χ4v) is 3.83. The smallest absolute Gasteiger partial charge is 0.248 e. The number of halogens is 1. The monoisotopic (exact) mass is 453 g/mol. The molecule has 32 heavy (non-hydrogen) atoms. The molecule has 0 atom stereocenters. The second kappa shape index (κ2) is 9.82. The molecule has 3 aromatic rings. The van der Waals surface area contributed by atoms with Crippen molar-refractivity contribution in [2.24, 2.45) is 5.73 Å². The number of hydrogen-bond acceptors (Lipinski definition) is 6. The van der Waals surface area contributed by atoms with Crippen LogP contribution in [0.3, 0.4) is 0 Å². The van der Waals surface area contributed by atoms with Gasteiger partial charge in [-0.2, -0.15) is 4.98 Å². The Morgan fingerprint density at radius 3 is 2.56 bits per heavy atom. The molecule has 3 N–H and O–H groups in total. The molecule has 4 rings (SSSR count). The van der Waals surface area contributed by atoms with Gasteiger partial charge in [0.1, 0.15) is 0 Å². The SMILES string of the molecule is NC(=O)c1ccc(N2CCCCC2)c(NC(=O)CCc2nc(-c3ccc(Cl)cc3)no2)c1. The van der Waals surface area contributed by atoms with E-state index in [-0.39, 0.29) is 12.3 Å². The summed E-state index contributed by atoms with van der Waals surface area (Å²) < 4.78 is 5.28. The summed E-state index contributed by atoms with van der Waals surface area (Å²) in [5.74, 6) is 0.0632. The summed E-state index contributed by atoms with van der Waals surface area (Å²) in [6.45, 7) is 1.82. The number of carbonyl (C=O) groups excluding carboxylic acids is 2. The molecule has 1 saturated heterocycles. The van der Waals surface area contributed by atoms with Crippen LogP contribution in [0, 0.1) is 0 Å². The number of nitrogens with one attached hydrogen (secondary N) is 1. The summed E-state index contributed by atoms with van der Waals surface area (Å²) in [4.78, 5) is 30.9. The number of hydrogen-bond donors (Lipinski definition) is 2. The Bertz CT molecular complexity index is 1110. The Hall–Kier alpha value is -3.39. The fraction of sp³-hybridized carbons (Fsp3) is 0.304. The first-order chi connectivity index (χ1) is 15.5. The van der Waals surface area contributed by atoms with Gasteiger partial charge in [0.15, 0.2) is 0 Å². The van der Waals surface area contributed by atoms with Gasteiger partial charge < -0.3 is 20.5 Å². The van der Waals surface area contributed by atoms with Crippen LogP contribution in [0.1, 0.15) is 41.9 Å². The van der Waals surface area contributed by atoms with E-state index in [9.17, 15) is 9.59 Å². The molecule has 0 radical (unpaired) electrons. The first-order valence-electron chi connectivity index (χ1n) is 10.6. The average molecular weight is 454 g/mol.